The topological polar surface area (TPSA) is 38.1 Å². The van der Waals surface area contributed by atoms with Gasteiger partial charge in [0, 0.05) is 23.9 Å². The number of hydrogen-bond acceptors (Lipinski definition) is 4. The minimum Gasteiger partial charge on any atom is -0.468 e. The van der Waals surface area contributed by atoms with Gasteiger partial charge in [0.25, 0.3) is 0 Å². The van der Waals surface area contributed by atoms with Gasteiger partial charge in [0.05, 0.1) is 6.26 Å². The Morgan fingerprint density at radius 3 is 3.00 bits per heavy atom. The molecule has 0 aliphatic heterocycles. The van der Waals surface area contributed by atoms with Crippen molar-refractivity contribution in [3.63, 3.8) is 0 Å². The highest BCUT2D eigenvalue weighted by Crippen LogP contribution is 2.26. The van der Waals surface area contributed by atoms with E-state index in [1.54, 1.807) is 18.0 Å². The number of aromatic nitrogens is 1. The number of nitrogens with zero attached hydrogens (tertiary/aromatic N) is 1. The van der Waals surface area contributed by atoms with Gasteiger partial charge in [-0.2, -0.15) is 0 Å². The van der Waals surface area contributed by atoms with Crippen molar-refractivity contribution < 1.29 is 4.42 Å². The Morgan fingerprint density at radius 1 is 1.44 bits per heavy atom. The van der Waals surface area contributed by atoms with Crippen molar-refractivity contribution in [2.75, 3.05) is 12.4 Å². The van der Waals surface area contributed by atoms with Crippen molar-refractivity contribution in [1.82, 2.24) is 4.98 Å². The number of aryl methyl sites for hydroxylation is 1. The van der Waals surface area contributed by atoms with Crippen LogP contribution in [0.15, 0.2) is 40.0 Å². The maximum atomic E-state index is 5.25. The lowest BCUT2D eigenvalue weighted by Crippen LogP contribution is -1.92. The summed E-state index contributed by atoms with van der Waals surface area (Å²) in [5.41, 5.74) is 1.25. The van der Waals surface area contributed by atoms with Crippen molar-refractivity contribution in [1.29, 1.82) is 0 Å². The lowest BCUT2D eigenvalue weighted by molar-refractivity contribution is 0.527. The average molecular weight is 234 g/mol. The largest absolute Gasteiger partial charge is 0.468 e. The molecule has 2 rings (SSSR count). The Kier molecular flexibility index (Phi) is 3.51. The number of anilines is 1. The Morgan fingerprint density at radius 2 is 2.31 bits per heavy atom. The molecule has 0 amide bonds. The van der Waals surface area contributed by atoms with E-state index in [-0.39, 0.29) is 0 Å². The first-order valence-electron chi connectivity index (χ1n) is 5.09. The highest BCUT2D eigenvalue weighted by atomic mass is 32.2. The summed E-state index contributed by atoms with van der Waals surface area (Å²) in [6.07, 6.45) is 3.55. The van der Waals surface area contributed by atoms with Gasteiger partial charge in [0.15, 0.2) is 0 Å². The van der Waals surface area contributed by atoms with Crippen LogP contribution in [0.4, 0.5) is 5.82 Å². The van der Waals surface area contributed by atoms with Crippen molar-refractivity contribution in [2.24, 2.45) is 0 Å². The van der Waals surface area contributed by atoms with Crippen LogP contribution in [0, 0.1) is 6.92 Å². The summed E-state index contributed by atoms with van der Waals surface area (Å²) in [4.78, 5) is 5.38. The number of hydrogen-bond donors (Lipinski definition) is 1. The molecule has 2 aromatic heterocycles. The van der Waals surface area contributed by atoms with E-state index in [0.717, 1.165) is 17.3 Å². The monoisotopic (exact) mass is 234 g/mol. The van der Waals surface area contributed by atoms with E-state index in [2.05, 4.69) is 16.4 Å². The van der Waals surface area contributed by atoms with Crippen molar-refractivity contribution in [3.05, 3.63) is 42.0 Å². The molecule has 3 nitrogen and oxygen atoms in total. The first-order chi connectivity index (χ1) is 7.79. The van der Waals surface area contributed by atoms with Gasteiger partial charge >= 0.3 is 0 Å². The van der Waals surface area contributed by atoms with Crippen LogP contribution in [-0.4, -0.2) is 12.0 Å². The Bertz CT molecular complexity index is 468. The molecule has 0 saturated heterocycles. The lowest BCUT2D eigenvalue weighted by Gasteiger charge is -2.03. The van der Waals surface area contributed by atoms with E-state index in [1.165, 1.54) is 10.5 Å². The van der Waals surface area contributed by atoms with E-state index in [1.807, 2.05) is 32.3 Å². The fourth-order valence-electron chi connectivity index (χ4n) is 1.38. The van der Waals surface area contributed by atoms with Gasteiger partial charge in [-0.05, 0) is 30.7 Å². The second-order valence-electron chi connectivity index (χ2n) is 3.43. The van der Waals surface area contributed by atoms with Gasteiger partial charge in [0.1, 0.15) is 11.6 Å². The molecule has 0 aliphatic carbocycles. The number of rotatable bonds is 4. The van der Waals surface area contributed by atoms with Gasteiger partial charge in [0.2, 0.25) is 0 Å². The maximum absolute atomic E-state index is 5.25. The van der Waals surface area contributed by atoms with E-state index in [4.69, 9.17) is 4.42 Å². The standard InChI is InChI=1S/C12H14N2OS/c1-9-11(4-6-15-9)16-8-10-3-5-14-12(7-10)13-2/h3-7H,8H2,1-2H3,(H,13,14). The predicted molar refractivity (Wildman–Crippen MR) is 66.8 cm³/mol. The van der Waals surface area contributed by atoms with E-state index < -0.39 is 0 Å². The summed E-state index contributed by atoms with van der Waals surface area (Å²) in [5, 5.41) is 3.03. The zero-order chi connectivity index (χ0) is 11.4. The van der Waals surface area contributed by atoms with Crippen LogP contribution in [0.2, 0.25) is 0 Å². The molecule has 16 heavy (non-hydrogen) atoms. The van der Waals surface area contributed by atoms with Crippen molar-refractivity contribution in [2.45, 2.75) is 17.6 Å². The minimum atomic E-state index is 0.905. The Balaban J connectivity index is 2.02. The molecule has 2 heterocycles. The molecule has 0 bridgehead atoms. The summed E-state index contributed by atoms with van der Waals surface area (Å²) < 4.78 is 5.25. The highest BCUT2D eigenvalue weighted by Gasteiger charge is 2.02. The Labute approximate surface area is 99.3 Å². The quantitative estimate of drug-likeness (QED) is 0.824. The van der Waals surface area contributed by atoms with Gasteiger partial charge in [-0.3, -0.25) is 0 Å². The first-order valence-corrected chi connectivity index (χ1v) is 6.07. The van der Waals surface area contributed by atoms with Crippen LogP contribution in [0.25, 0.3) is 0 Å². The molecular weight excluding hydrogens is 220 g/mol. The van der Waals surface area contributed by atoms with Crippen molar-refractivity contribution in [3.8, 4) is 0 Å². The molecule has 0 unspecified atom stereocenters. The zero-order valence-corrected chi connectivity index (χ0v) is 10.2. The maximum Gasteiger partial charge on any atom is 0.125 e. The Hall–Kier alpha value is -1.42. The molecule has 4 heteroatoms. The van der Waals surface area contributed by atoms with Crippen LogP contribution >= 0.6 is 11.8 Å². The molecule has 84 valence electrons. The smallest absolute Gasteiger partial charge is 0.125 e. The molecule has 0 radical (unpaired) electrons. The van der Waals surface area contributed by atoms with Crippen LogP contribution < -0.4 is 5.32 Å². The number of furan rings is 1. The molecule has 0 fully saturated rings. The summed E-state index contributed by atoms with van der Waals surface area (Å²) in [7, 11) is 1.87. The van der Waals surface area contributed by atoms with Crippen LogP contribution in [0.5, 0.6) is 0 Å². The summed E-state index contributed by atoms with van der Waals surface area (Å²) >= 11 is 1.78. The third-order valence-corrected chi connectivity index (χ3v) is 3.50. The van der Waals surface area contributed by atoms with E-state index >= 15 is 0 Å². The molecule has 0 aromatic carbocycles. The van der Waals surface area contributed by atoms with Crippen LogP contribution in [0.1, 0.15) is 11.3 Å². The number of pyridine rings is 1. The molecule has 0 saturated carbocycles. The molecule has 0 atom stereocenters. The number of nitrogens with one attached hydrogen (secondary N) is 1. The first kappa shape index (κ1) is 11.1. The van der Waals surface area contributed by atoms with Gasteiger partial charge in [-0.1, -0.05) is 0 Å². The predicted octanol–water partition coefficient (Wildman–Crippen LogP) is 3.32. The van der Waals surface area contributed by atoms with E-state index in [0.29, 0.717) is 0 Å². The van der Waals surface area contributed by atoms with Gasteiger partial charge in [-0.15, -0.1) is 11.8 Å². The van der Waals surface area contributed by atoms with Crippen LogP contribution in [-0.2, 0) is 5.75 Å². The summed E-state index contributed by atoms with van der Waals surface area (Å²) in [6.45, 7) is 1.98. The molecular formula is C12H14N2OS. The summed E-state index contributed by atoms with van der Waals surface area (Å²) in [6, 6.07) is 6.09. The minimum absolute atomic E-state index is 0.905. The van der Waals surface area contributed by atoms with Crippen molar-refractivity contribution >= 4 is 17.6 Å². The lowest BCUT2D eigenvalue weighted by atomic mass is 10.3. The molecule has 0 aliphatic rings. The fraction of sp³-hybridized carbons (Fsp3) is 0.250. The summed E-state index contributed by atoms with van der Waals surface area (Å²) in [5.74, 6) is 2.81. The normalized spacial score (nSPS) is 10.4. The fourth-order valence-corrected chi connectivity index (χ4v) is 2.29. The second-order valence-corrected chi connectivity index (χ2v) is 4.45. The number of thioether (sulfide) groups is 1. The SMILES string of the molecule is CNc1cc(CSc2ccoc2C)ccn1. The molecule has 1 N–H and O–H groups in total. The molecule has 2 aromatic rings. The van der Waals surface area contributed by atoms with Gasteiger partial charge in [-0.25, -0.2) is 4.98 Å². The zero-order valence-electron chi connectivity index (χ0n) is 9.36. The van der Waals surface area contributed by atoms with Crippen LogP contribution in [0.3, 0.4) is 0 Å². The molecule has 0 spiro atoms. The third-order valence-electron chi connectivity index (χ3n) is 2.29. The second kappa shape index (κ2) is 5.07. The third kappa shape index (κ3) is 2.58. The highest BCUT2D eigenvalue weighted by molar-refractivity contribution is 7.98. The van der Waals surface area contributed by atoms with E-state index in [9.17, 15) is 0 Å². The average Bonchev–Trinajstić information content (AvgIpc) is 2.72. The van der Waals surface area contributed by atoms with Gasteiger partial charge < -0.3 is 9.73 Å².